The molecule has 0 aromatic heterocycles. The van der Waals surface area contributed by atoms with Crippen LogP contribution in [0.5, 0.6) is 0 Å². The first-order valence-corrected chi connectivity index (χ1v) is 3.02. The van der Waals surface area contributed by atoms with E-state index in [1.54, 1.807) is 0 Å². The predicted molar refractivity (Wildman–Crippen MR) is 32.7 cm³/mol. The van der Waals surface area contributed by atoms with Crippen molar-refractivity contribution < 1.29 is 28.2 Å². The number of rotatable bonds is 3. The Morgan fingerprint density at radius 3 is 2.25 bits per heavy atom. The lowest BCUT2D eigenvalue weighted by Crippen LogP contribution is -2.39. The highest BCUT2D eigenvalue weighted by molar-refractivity contribution is 5.64. The van der Waals surface area contributed by atoms with Gasteiger partial charge in [0.1, 0.15) is 0 Å². The maximum atomic E-state index is 11.6. The summed E-state index contributed by atoms with van der Waals surface area (Å²) in [6, 6.07) is -1.48. The third kappa shape index (κ3) is 5.78. The molecule has 3 N–H and O–H groups in total. The SMILES string of the molecule is O=C(O)NC(CO)CC(F)(F)F. The summed E-state index contributed by atoms with van der Waals surface area (Å²) in [5.74, 6) is 0. The van der Waals surface area contributed by atoms with E-state index in [0.717, 1.165) is 0 Å². The van der Waals surface area contributed by atoms with Crippen molar-refractivity contribution in [2.75, 3.05) is 6.61 Å². The van der Waals surface area contributed by atoms with Crippen molar-refractivity contribution >= 4 is 6.09 Å². The van der Waals surface area contributed by atoms with Crippen LogP contribution in [-0.2, 0) is 0 Å². The van der Waals surface area contributed by atoms with Crippen LogP contribution in [-0.4, -0.2) is 35.1 Å². The topological polar surface area (TPSA) is 69.6 Å². The zero-order valence-electron chi connectivity index (χ0n) is 5.93. The van der Waals surface area contributed by atoms with Crippen LogP contribution in [0.15, 0.2) is 0 Å². The molecule has 0 rings (SSSR count). The van der Waals surface area contributed by atoms with Crippen LogP contribution >= 0.6 is 0 Å². The minimum absolute atomic E-state index is 0.869. The molecule has 0 radical (unpaired) electrons. The van der Waals surface area contributed by atoms with Crippen molar-refractivity contribution in [3.8, 4) is 0 Å². The summed E-state index contributed by atoms with van der Waals surface area (Å²) in [5, 5.41) is 17.9. The smallest absolute Gasteiger partial charge is 0.404 e. The van der Waals surface area contributed by atoms with Gasteiger partial charge in [-0.15, -0.1) is 0 Å². The highest BCUT2D eigenvalue weighted by Crippen LogP contribution is 2.21. The molecule has 0 bridgehead atoms. The van der Waals surface area contributed by atoms with E-state index in [2.05, 4.69) is 0 Å². The largest absolute Gasteiger partial charge is 0.465 e. The number of hydrogen-bond acceptors (Lipinski definition) is 2. The Balaban J connectivity index is 3.92. The second-order valence-corrected chi connectivity index (χ2v) is 2.15. The lowest BCUT2D eigenvalue weighted by Gasteiger charge is -2.15. The van der Waals surface area contributed by atoms with E-state index in [4.69, 9.17) is 10.2 Å². The Hall–Kier alpha value is -0.980. The molecule has 0 aliphatic rings. The third-order valence-electron chi connectivity index (χ3n) is 1.03. The van der Waals surface area contributed by atoms with E-state index in [1.165, 1.54) is 5.32 Å². The van der Waals surface area contributed by atoms with Crippen molar-refractivity contribution in [2.45, 2.75) is 18.6 Å². The normalized spacial score (nSPS) is 14.0. The zero-order chi connectivity index (χ0) is 9.78. The number of amides is 1. The minimum Gasteiger partial charge on any atom is -0.465 e. The second-order valence-electron chi connectivity index (χ2n) is 2.15. The van der Waals surface area contributed by atoms with E-state index in [-0.39, 0.29) is 0 Å². The summed E-state index contributed by atoms with van der Waals surface area (Å²) in [5.41, 5.74) is 0. The average molecular weight is 187 g/mol. The first kappa shape index (κ1) is 11.0. The van der Waals surface area contributed by atoms with Crippen molar-refractivity contribution in [2.24, 2.45) is 0 Å². The lowest BCUT2D eigenvalue weighted by atomic mass is 10.2. The summed E-state index contributed by atoms with van der Waals surface area (Å²) >= 11 is 0. The molecule has 1 atom stereocenters. The maximum Gasteiger partial charge on any atom is 0.404 e. The first-order valence-electron chi connectivity index (χ1n) is 3.02. The molecular weight excluding hydrogens is 179 g/mol. The van der Waals surface area contributed by atoms with Gasteiger partial charge in [0, 0.05) is 0 Å². The molecule has 0 aliphatic heterocycles. The minimum atomic E-state index is -4.48. The van der Waals surface area contributed by atoms with Gasteiger partial charge in [0.15, 0.2) is 0 Å². The molecule has 12 heavy (non-hydrogen) atoms. The van der Waals surface area contributed by atoms with Crippen molar-refractivity contribution in [1.29, 1.82) is 0 Å². The Labute approximate surface area is 66.0 Å². The molecule has 0 aromatic carbocycles. The Morgan fingerprint density at radius 1 is 1.50 bits per heavy atom. The Morgan fingerprint density at radius 2 is 2.00 bits per heavy atom. The van der Waals surface area contributed by atoms with E-state index >= 15 is 0 Å². The number of alkyl halides is 3. The summed E-state index contributed by atoms with van der Waals surface area (Å²) in [6.45, 7) is -0.869. The van der Waals surface area contributed by atoms with Gasteiger partial charge in [0.05, 0.1) is 19.1 Å². The average Bonchev–Trinajstić information content (AvgIpc) is 1.82. The van der Waals surface area contributed by atoms with Gasteiger partial charge in [0.25, 0.3) is 0 Å². The molecule has 1 amide bonds. The van der Waals surface area contributed by atoms with E-state index in [1.807, 2.05) is 0 Å². The van der Waals surface area contributed by atoms with Gasteiger partial charge < -0.3 is 15.5 Å². The van der Waals surface area contributed by atoms with Crippen LogP contribution in [0, 0.1) is 0 Å². The van der Waals surface area contributed by atoms with Crippen LogP contribution in [0.3, 0.4) is 0 Å². The fourth-order valence-electron chi connectivity index (χ4n) is 0.615. The third-order valence-corrected chi connectivity index (χ3v) is 1.03. The van der Waals surface area contributed by atoms with Crippen molar-refractivity contribution in [1.82, 2.24) is 5.32 Å². The van der Waals surface area contributed by atoms with E-state index in [0.29, 0.717) is 0 Å². The van der Waals surface area contributed by atoms with Gasteiger partial charge in [-0.05, 0) is 0 Å². The zero-order valence-corrected chi connectivity index (χ0v) is 5.93. The summed E-state index contributed by atoms with van der Waals surface area (Å²) < 4.78 is 34.8. The molecule has 0 aliphatic carbocycles. The molecule has 0 aromatic rings. The number of aliphatic hydroxyl groups is 1. The van der Waals surface area contributed by atoms with Crippen LogP contribution < -0.4 is 5.32 Å². The van der Waals surface area contributed by atoms with Crippen LogP contribution in [0.2, 0.25) is 0 Å². The Kier molecular flexibility index (Phi) is 3.81. The molecule has 0 heterocycles. The standard InChI is InChI=1S/C5H8F3NO3/c6-5(7,8)1-3(2-10)9-4(11)12/h3,9-10H,1-2H2,(H,11,12). The van der Waals surface area contributed by atoms with Gasteiger partial charge >= 0.3 is 12.3 Å². The quantitative estimate of drug-likeness (QED) is 0.604. The molecular formula is C5H8F3NO3. The summed E-state index contributed by atoms with van der Waals surface area (Å²) in [6.07, 6.45) is -7.43. The van der Waals surface area contributed by atoms with Crippen LogP contribution in [0.1, 0.15) is 6.42 Å². The fraction of sp³-hybridized carbons (Fsp3) is 0.800. The molecule has 7 heteroatoms. The molecule has 0 saturated carbocycles. The molecule has 0 fully saturated rings. The highest BCUT2D eigenvalue weighted by atomic mass is 19.4. The van der Waals surface area contributed by atoms with Gasteiger partial charge in [0.2, 0.25) is 0 Å². The van der Waals surface area contributed by atoms with Crippen molar-refractivity contribution in [3.63, 3.8) is 0 Å². The number of carboxylic acid groups (broad SMARTS) is 1. The lowest BCUT2D eigenvalue weighted by molar-refractivity contribution is -0.141. The van der Waals surface area contributed by atoms with Crippen molar-refractivity contribution in [3.05, 3.63) is 0 Å². The highest BCUT2D eigenvalue weighted by Gasteiger charge is 2.32. The second kappa shape index (κ2) is 4.15. The molecule has 1 unspecified atom stereocenters. The number of halogens is 3. The van der Waals surface area contributed by atoms with E-state index in [9.17, 15) is 18.0 Å². The van der Waals surface area contributed by atoms with Gasteiger partial charge in [-0.25, -0.2) is 4.79 Å². The molecule has 0 saturated heterocycles. The number of aliphatic hydroxyl groups excluding tert-OH is 1. The number of nitrogens with one attached hydrogen (secondary N) is 1. The van der Waals surface area contributed by atoms with Gasteiger partial charge in [-0.2, -0.15) is 13.2 Å². The first-order chi connectivity index (χ1) is 5.35. The van der Waals surface area contributed by atoms with Gasteiger partial charge in [-0.3, -0.25) is 0 Å². The summed E-state index contributed by atoms with van der Waals surface area (Å²) in [7, 11) is 0. The molecule has 72 valence electrons. The van der Waals surface area contributed by atoms with Crippen LogP contribution in [0.25, 0.3) is 0 Å². The fourth-order valence-corrected chi connectivity index (χ4v) is 0.615. The molecule has 4 nitrogen and oxygen atoms in total. The predicted octanol–water partition coefficient (Wildman–Crippen LogP) is 0.567. The molecule has 0 spiro atoms. The Bertz CT molecular complexity index is 159. The number of hydrogen-bond donors (Lipinski definition) is 3. The monoisotopic (exact) mass is 187 g/mol. The van der Waals surface area contributed by atoms with Crippen LogP contribution in [0.4, 0.5) is 18.0 Å². The van der Waals surface area contributed by atoms with E-state index < -0.39 is 31.3 Å². The van der Waals surface area contributed by atoms with Gasteiger partial charge in [-0.1, -0.05) is 0 Å². The summed E-state index contributed by atoms with van der Waals surface area (Å²) in [4.78, 5) is 9.86. The maximum absolute atomic E-state index is 11.6. The number of carbonyl (C=O) groups is 1.